The van der Waals surface area contributed by atoms with Gasteiger partial charge in [0.2, 0.25) is 0 Å². The van der Waals surface area contributed by atoms with E-state index in [1.54, 1.807) is 19.2 Å². The monoisotopic (exact) mass is 394 g/mol. The SMILES string of the molecule is CN=C(NCC(=O)OC(C)(C)C)NCC(c1ccc(F)cc1)N1CCOCC1. The molecule has 1 fully saturated rings. The van der Waals surface area contributed by atoms with Crippen LogP contribution in [0, 0.1) is 5.82 Å². The highest BCUT2D eigenvalue weighted by Gasteiger charge is 2.23. The Labute approximate surface area is 166 Å². The molecule has 1 unspecified atom stereocenters. The Morgan fingerprint density at radius 1 is 1.25 bits per heavy atom. The van der Waals surface area contributed by atoms with E-state index in [2.05, 4.69) is 20.5 Å². The summed E-state index contributed by atoms with van der Waals surface area (Å²) < 4.78 is 24.1. The fourth-order valence-corrected chi connectivity index (χ4v) is 2.98. The van der Waals surface area contributed by atoms with Gasteiger partial charge in [0.25, 0.3) is 0 Å². The topological polar surface area (TPSA) is 75.2 Å². The molecular weight excluding hydrogens is 363 g/mol. The number of hydrogen-bond acceptors (Lipinski definition) is 5. The first kappa shape index (κ1) is 22.1. The molecule has 1 saturated heterocycles. The smallest absolute Gasteiger partial charge is 0.325 e. The number of esters is 1. The van der Waals surface area contributed by atoms with Gasteiger partial charge in [0, 0.05) is 26.7 Å². The van der Waals surface area contributed by atoms with Crippen molar-refractivity contribution in [3.8, 4) is 0 Å². The normalized spacial score (nSPS) is 17.1. The molecule has 1 aliphatic heterocycles. The van der Waals surface area contributed by atoms with Crippen LogP contribution in [0.15, 0.2) is 29.3 Å². The number of hydrogen-bond donors (Lipinski definition) is 2. The van der Waals surface area contributed by atoms with E-state index in [4.69, 9.17) is 9.47 Å². The van der Waals surface area contributed by atoms with Gasteiger partial charge in [-0.15, -0.1) is 0 Å². The molecular formula is C20H31FN4O3. The van der Waals surface area contributed by atoms with Crippen LogP contribution in [0.2, 0.25) is 0 Å². The summed E-state index contributed by atoms with van der Waals surface area (Å²) in [4.78, 5) is 18.4. The summed E-state index contributed by atoms with van der Waals surface area (Å²) in [6.07, 6.45) is 0. The van der Waals surface area contributed by atoms with Crippen LogP contribution in [-0.4, -0.2) is 68.9 Å². The van der Waals surface area contributed by atoms with Crippen molar-refractivity contribution >= 4 is 11.9 Å². The lowest BCUT2D eigenvalue weighted by Crippen LogP contribution is -2.47. The summed E-state index contributed by atoms with van der Waals surface area (Å²) in [5.41, 5.74) is 0.484. The van der Waals surface area contributed by atoms with Gasteiger partial charge in [-0.2, -0.15) is 0 Å². The highest BCUT2D eigenvalue weighted by molar-refractivity contribution is 5.84. The van der Waals surface area contributed by atoms with E-state index in [1.165, 1.54) is 12.1 Å². The van der Waals surface area contributed by atoms with Crippen LogP contribution in [0.5, 0.6) is 0 Å². The van der Waals surface area contributed by atoms with E-state index in [1.807, 2.05) is 20.8 Å². The number of morpholine rings is 1. The number of halogens is 1. The van der Waals surface area contributed by atoms with Crippen LogP contribution in [0.3, 0.4) is 0 Å². The molecule has 2 rings (SSSR count). The Kier molecular flexibility index (Phi) is 8.19. The van der Waals surface area contributed by atoms with Crippen molar-refractivity contribution in [1.82, 2.24) is 15.5 Å². The Hall–Kier alpha value is -2.19. The van der Waals surface area contributed by atoms with Crippen molar-refractivity contribution in [3.63, 3.8) is 0 Å². The van der Waals surface area contributed by atoms with Crippen molar-refractivity contribution < 1.29 is 18.7 Å². The molecule has 1 aromatic rings. The third-order valence-electron chi connectivity index (χ3n) is 4.25. The molecule has 0 radical (unpaired) electrons. The van der Waals surface area contributed by atoms with Gasteiger partial charge in [0.15, 0.2) is 5.96 Å². The second-order valence-electron chi connectivity index (χ2n) is 7.61. The largest absolute Gasteiger partial charge is 0.459 e. The van der Waals surface area contributed by atoms with Gasteiger partial charge in [-0.05, 0) is 38.5 Å². The molecule has 0 aromatic heterocycles. The Balaban J connectivity index is 1.96. The zero-order valence-electron chi connectivity index (χ0n) is 17.1. The summed E-state index contributed by atoms with van der Waals surface area (Å²) in [5.74, 6) is -0.0998. The molecule has 0 amide bonds. The van der Waals surface area contributed by atoms with E-state index in [0.29, 0.717) is 25.7 Å². The Bertz CT molecular complexity index is 652. The lowest BCUT2D eigenvalue weighted by molar-refractivity contribution is -0.153. The standard InChI is InChI=1S/C20H31FN4O3/c1-20(2,3)28-18(26)14-24-19(22-4)23-13-17(25-9-11-27-12-10-25)15-5-7-16(21)8-6-15/h5-8,17H,9-14H2,1-4H3,(H2,22,23,24). The maximum Gasteiger partial charge on any atom is 0.325 e. The fraction of sp³-hybridized carbons (Fsp3) is 0.600. The van der Waals surface area contributed by atoms with Gasteiger partial charge in [-0.1, -0.05) is 12.1 Å². The second-order valence-corrected chi connectivity index (χ2v) is 7.61. The number of benzene rings is 1. The Morgan fingerprint density at radius 3 is 2.46 bits per heavy atom. The fourth-order valence-electron chi connectivity index (χ4n) is 2.98. The van der Waals surface area contributed by atoms with Crippen LogP contribution < -0.4 is 10.6 Å². The van der Waals surface area contributed by atoms with Gasteiger partial charge in [0.1, 0.15) is 18.0 Å². The summed E-state index contributed by atoms with van der Waals surface area (Å²) in [7, 11) is 1.64. The molecule has 156 valence electrons. The molecule has 0 aliphatic carbocycles. The molecule has 1 atom stereocenters. The molecule has 7 nitrogen and oxygen atoms in total. The predicted molar refractivity (Wildman–Crippen MR) is 107 cm³/mol. The summed E-state index contributed by atoms with van der Waals surface area (Å²) in [5, 5.41) is 6.22. The summed E-state index contributed by atoms with van der Waals surface area (Å²) >= 11 is 0. The molecule has 1 heterocycles. The van der Waals surface area contributed by atoms with Crippen LogP contribution in [-0.2, 0) is 14.3 Å². The number of nitrogens with zero attached hydrogens (tertiary/aromatic N) is 2. The zero-order valence-corrected chi connectivity index (χ0v) is 17.1. The maximum absolute atomic E-state index is 13.3. The van der Waals surface area contributed by atoms with Crippen molar-refractivity contribution in [2.45, 2.75) is 32.4 Å². The molecule has 1 aliphatic rings. The number of rotatable bonds is 6. The molecule has 0 spiro atoms. The zero-order chi connectivity index (χ0) is 20.6. The lowest BCUT2D eigenvalue weighted by atomic mass is 10.0. The second kappa shape index (κ2) is 10.4. The van der Waals surface area contributed by atoms with Gasteiger partial charge < -0.3 is 20.1 Å². The number of nitrogens with one attached hydrogen (secondary N) is 2. The number of carbonyl (C=O) groups excluding carboxylic acids is 1. The predicted octanol–water partition coefficient (Wildman–Crippen LogP) is 1.71. The first-order chi connectivity index (χ1) is 13.3. The van der Waals surface area contributed by atoms with Crippen molar-refractivity contribution in [2.24, 2.45) is 4.99 Å². The summed E-state index contributed by atoms with van der Waals surface area (Å²) in [6, 6.07) is 6.57. The number of guanidine groups is 1. The van der Waals surface area contributed by atoms with Crippen molar-refractivity contribution in [3.05, 3.63) is 35.6 Å². The van der Waals surface area contributed by atoms with E-state index >= 15 is 0 Å². The molecule has 28 heavy (non-hydrogen) atoms. The molecule has 1 aromatic carbocycles. The van der Waals surface area contributed by atoms with Crippen molar-refractivity contribution in [2.75, 3.05) is 46.4 Å². The highest BCUT2D eigenvalue weighted by Crippen LogP contribution is 2.21. The minimum absolute atomic E-state index is 0.0235. The summed E-state index contributed by atoms with van der Waals surface area (Å²) in [6.45, 7) is 9.00. The average molecular weight is 394 g/mol. The van der Waals surface area contributed by atoms with E-state index in [9.17, 15) is 9.18 Å². The Morgan fingerprint density at radius 2 is 1.89 bits per heavy atom. The van der Waals surface area contributed by atoms with Gasteiger partial charge in [0.05, 0.1) is 19.3 Å². The first-order valence-electron chi connectivity index (χ1n) is 9.52. The van der Waals surface area contributed by atoms with Gasteiger partial charge >= 0.3 is 5.97 Å². The third kappa shape index (κ3) is 7.44. The molecule has 8 heteroatoms. The molecule has 0 saturated carbocycles. The molecule has 2 N–H and O–H groups in total. The quantitative estimate of drug-likeness (QED) is 0.435. The van der Waals surface area contributed by atoms with Crippen LogP contribution >= 0.6 is 0 Å². The maximum atomic E-state index is 13.3. The molecule has 0 bridgehead atoms. The number of carbonyl (C=O) groups is 1. The number of ether oxygens (including phenoxy) is 2. The minimum Gasteiger partial charge on any atom is -0.459 e. The van der Waals surface area contributed by atoms with Crippen LogP contribution in [0.25, 0.3) is 0 Å². The van der Waals surface area contributed by atoms with E-state index < -0.39 is 5.60 Å². The van der Waals surface area contributed by atoms with E-state index in [0.717, 1.165) is 18.7 Å². The van der Waals surface area contributed by atoms with Crippen LogP contribution in [0.1, 0.15) is 32.4 Å². The van der Waals surface area contributed by atoms with Crippen LogP contribution in [0.4, 0.5) is 4.39 Å². The van der Waals surface area contributed by atoms with Crippen molar-refractivity contribution in [1.29, 1.82) is 0 Å². The van der Waals surface area contributed by atoms with E-state index in [-0.39, 0.29) is 24.4 Å². The first-order valence-corrected chi connectivity index (χ1v) is 9.52. The van der Waals surface area contributed by atoms with Gasteiger partial charge in [-0.3, -0.25) is 14.7 Å². The minimum atomic E-state index is -0.528. The van der Waals surface area contributed by atoms with Gasteiger partial charge in [-0.25, -0.2) is 4.39 Å². The average Bonchev–Trinajstić information content (AvgIpc) is 2.65. The number of aliphatic imine (C=N–C) groups is 1. The highest BCUT2D eigenvalue weighted by atomic mass is 19.1. The lowest BCUT2D eigenvalue weighted by Gasteiger charge is -2.35. The third-order valence-corrected chi connectivity index (χ3v) is 4.25.